The zero-order valence-electron chi connectivity index (χ0n) is 23.3. The molecule has 1 heterocycles. The zero-order valence-corrected chi connectivity index (χ0v) is 24.1. The van der Waals surface area contributed by atoms with Crippen LogP contribution in [-0.4, -0.2) is 30.2 Å². The van der Waals surface area contributed by atoms with Crippen molar-refractivity contribution >= 4 is 15.7 Å². The van der Waals surface area contributed by atoms with Crippen molar-refractivity contribution in [1.29, 1.82) is 0 Å². The Morgan fingerprint density at radius 3 is 2.14 bits per heavy atom. The fourth-order valence-corrected chi connectivity index (χ4v) is 6.07. The molecule has 4 rings (SSSR count). The van der Waals surface area contributed by atoms with E-state index in [1.165, 1.54) is 23.7 Å². The molecule has 1 amide bonds. The normalized spacial score (nSPS) is 12.1. The van der Waals surface area contributed by atoms with Gasteiger partial charge >= 0.3 is 6.18 Å². The number of alkyl halides is 3. The fraction of sp³-hybridized carbons (Fsp3) is 0.258. The average Bonchev–Trinajstić information content (AvgIpc) is 3.40. The van der Waals surface area contributed by atoms with E-state index in [1.54, 1.807) is 12.1 Å². The number of rotatable bonds is 10. The minimum atomic E-state index is -4.56. The van der Waals surface area contributed by atoms with Crippen molar-refractivity contribution in [1.82, 2.24) is 10.4 Å². The molecule has 1 aromatic heterocycles. The lowest BCUT2D eigenvalue weighted by Crippen LogP contribution is -2.27. The van der Waals surface area contributed by atoms with Crippen LogP contribution in [0.3, 0.4) is 0 Å². The van der Waals surface area contributed by atoms with E-state index < -0.39 is 33.4 Å². The van der Waals surface area contributed by atoms with Gasteiger partial charge in [0.1, 0.15) is 11.5 Å². The highest BCUT2D eigenvalue weighted by Gasteiger charge is 2.35. The number of carbonyl (C=O) groups excluding carboxylic acids is 1. The third-order valence-corrected chi connectivity index (χ3v) is 8.49. The van der Waals surface area contributed by atoms with Crippen molar-refractivity contribution in [3.63, 3.8) is 0 Å². The van der Waals surface area contributed by atoms with Gasteiger partial charge in [-0.3, -0.25) is 14.9 Å². The van der Waals surface area contributed by atoms with Crippen LogP contribution in [0.4, 0.5) is 13.2 Å². The summed E-state index contributed by atoms with van der Waals surface area (Å²) < 4.78 is 69.6. The highest BCUT2D eigenvalue weighted by molar-refractivity contribution is 7.92. The van der Waals surface area contributed by atoms with Crippen molar-refractivity contribution in [3.05, 3.63) is 112 Å². The summed E-state index contributed by atoms with van der Waals surface area (Å²) >= 11 is 0. The maximum atomic E-state index is 13.1. The van der Waals surface area contributed by atoms with Crippen LogP contribution in [0.2, 0.25) is 0 Å². The Kier molecular flexibility index (Phi) is 9.24. The summed E-state index contributed by atoms with van der Waals surface area (Å²) in [4.78, 5) is 13.4. The van der Waals surface area contributed by atoms with Gasteiger partial charge in [-0.05, 0) is 78.4 Å². The molecule has 0 bridgehead atoms. The molecule has 222 valence electrons. The van der Waals surface area contributed by atoms with Crippen LogP contribution in [0.25, 0.3) is 11.1 Å². The van der Waals surface area contributed by atoms with Gasteiger partial charge in [-0.15, -0.1) is 0 Å². The lowest BCUT2D eigenvalue weighted by molar-refractivity contribution is -0.153. The second kappa shape index (κ2) is 12.5. The fourth-order valence-electron chi connectivity index (χ4n) is 4.90. The Labute approximate surface area is 242 Å². The molecule has 0 aliphatic carbocycles. The van der Waals surface area contributed by atoms with Gasteiger partial charge < -0.3 is 4.42 Å². The molecule has 0 aliphatic heterocycles. The Balaban J connectivity index is 1.58. The highest BCUT2D eigenvalue weighted by atomic mass is 32.2. The summed E-state index contributed by atoms with van der Waals surface area (Å²) in [6.45, 7) is 7.11. The van der Waals surface area contributed by atoms with Gasteiger partial charge in [-0.2, -0.15) is 13.2 Å². The maximum Gasteiger partial charge on any atom is 0.449 e. The molecule has 11 heteroatoms. The van der Waals surface area contributed by atoms with Crippen LogP contribution in [0.5, 0.6) is 0 Å². The number of furan rings is 1. The molecular weight excluding hydrogens is 569 g/mol. The predicted molar refractivity (Wildman–Crippen MR) is 151 cm³/mol. The van der Waals surface area contributed by atoms with E-state index in [0.717, 1.165) is 39.4 Å². The molecule has 2 N–H and O–H groups in total. The van der Waals surface area contributed by atoms with Crippen LogP contribution in [0, 0.1) is 20.8 Å². The number of hydrogen-bond donors (Lipinski definition) is 2. The van der Waals surface area contributed by atoms with E-state index in [2.05, 4.69) is 12.1 Å². The topological polar surface area (TPSA) is 99.9 Å². The van der Waals surface area contributed by atoms with Crippen molar-refractivity contribution in [2.24, 2.45) is 0 Å². The van der Waals surface area contributed by atoms with E-state index in [-0.39, 0.29) is 17.2 Å². The molecule has 0 atom stereocenters. The Morgan fingerprint density at radius 1 is 0.881 bits per heavy atom. The standard InChI is InChI=1S/C31H31F3N2O5S/c1-20-13-21(2)28(22(3)14-20)18-36(17-26-11-12-29(41-26)31(32,33)34)16-23-7-9-24(10-8-23)25-5-4-6-27(15-25)42(39,40)19-30(37)35-38/h4-15,38H,16-19H2,1-3H3,(H,35,37). The summed E-state index contributed by atoms with van der Waals surface area (Å²) in [5.74, 6) is -2.75. The largest absolute Gasteiger partial charge is 0.455 e. The number of halogens is 3. The first-order valence-corrected chi connectivity index (χ1v) is 14.7. The van der Waals surface area contributed by atoms with Crippen molar-refractivity contribution in [2.45, 2.75) is 51.5 Å². The number of nitrogens with zero attached hydrogens (tertiary/aromatic N) is 1. The third kappa shape index (κ3) is 7.67. The Hall–Kier alpha value is -3.93. The van der Waals surface area contributed by atoms with Gasteiger partial charge in [0, 0.05) is 13.1 Å². The van der Waals surface area contributed by atoms with Gasteiger partial charge in [0.15, 0.2) is 9.84 Å². The van der Waals surface area contributed by atoms with E-state index in [4.69, 9.17) is 9.62 Å². The van der Waals surface area contributed by atoms with Gasteiger partial charge in [0.2, 0.25) is 5.76 Å². The van der Waals surface area contributed by atoms with Gasteiger partial charge in [0.05, 0.1) is 11.4 Å². The minimum absolute atomic E-state index is 0.0561. The molecule has 0 spiro atoms. The molecule has 0 saturated heterocycles. The summed E-state index contributed by atoms with van der Waals surface area (Å²) in [5, 5.41) is 8.68. The first-order chi connectivity index (χ1) is 19.7. The molecule has 42 heavy (non-hydrogen) atoms. The molecule has 7 nitrogen and oxygen atoms in total. The first-order valence-electron chi connectivity index (χ1n) is 13.1. The van der Waals surface area contributed by atoms with Crippen molar-refractivity contribution < 1.29 is 36.0 Å². The van der Waals surface area contributed by atoms with Crippen LogP contribution >= 0.6 is 0 Å². The molecule has 3 aromatic carbocycles. The SMILES string of the molecule is Cc1cc(C)c(CN(Cc2ccc(-c3cccc(S(=O)(=O)CC(=O)NO)c3)cc2)Cc2ccc(C(F)(F)F)o2)c(C)c1. The number of hydroxylamine groups is 1. The lowest BCUT2D eigenvalue weighted by atomic mass is 9.99. The van der Waals surface area contributed by atoms with Crippen LogP contribution in [0.15, 0.2) is 82.1 Å². The molecule has 0 aliphatic rings. The van der Waals surface area contributed by atoms with Gasteiger partial charge in [-0.1, -0.05) is 54.1 Å². The van der Waals surface area contributed by atoms with Crippen molar-refractivity contribution in [3.8, 4) is 11.1 Å². The minimum Gasteiger partial charge on any atom is -0.455 e. The Bertz CT molecular complexity index is 1660. The number of sulfone groups is 1. The smallest absolute Gasteiger partial charge is 0.449 e. The number of hydrogen-bond acceptors (Lipinski definition) is 6. The van der Waals surface area contributed by atoms with Crippen LogP contribution < -0.4 is 5.48 Å². The monoisotopic (exact) mass is 600 g/mol. The maximum absolute atomic E-state index is 13.1. The van der Waals surface area contributed by atoms with E-state index in [9.17, 15) is 26.4 Å². The second-order valence-corrected chi connectivity index (χ2v) is 12.3. The quantitative estimate of drug-likeness (QED) is 0.162. The Morgan fingerprint density at radius 2 is 1.55 bits per heavy atom. The first kappa shape index (κ1) is 31.0. The summed E-state index contributed by atoms with van der Waals surface area (Å²) in [5.41, 5.74) is 7.98. The van der Waals surface area contributed by atoms with Crippen LogP contribution in [-0.2, 0) is 40.4 Å². The molecule has 0 saturated carbocycles. The number of amides is 1. The number of carbonyl (C=O) groups is 1. The zero-order chi connectivity index (χ0) is 30.7. The number of nitrogens with one attached hydrogen (secondary N) is 1. The molecule has 4 aromatic rings. The number of benzene rings is 3. The van der Waals surface area contributed by atoms with Gasteiger partial charge in [-0.25, -0.2) is 13.9 Å². The van der Waals surface area contributed by atoms with E-state index >= 15 is 0 Å². The summed E-state index contributed by atoms with van der Waals surface area (Å²) in [6.07, 6.45) is -4.56. The van der Waals surface area contributed by atoms with Crippen molar-refractivity contribution in [2.75, 3.05) is 5.75 Å². The summed E-state index contributed by atoms with van der Waals surface area (Å²) in [7, 11) is -3.96. The van der Waals surface area contributed by atoms with E-state index in [1.807, 2.05) is 49.9 Å². The number of aryl methyl sites for hydroxylation is 3. The van der Waals surface area contributed by atoms with Gasteiger partial charge in [0.25, 0.3) is 5.91 Å². The third-order valence-electron chi connectivity index (χ3n) is 6.87. The molecule has 0 fully saturated rings. The average molecular weight is 601 g/mol. The second-order valence-electron chi connectivity index (χ2n) is 10.3. The molecular formula is C31H31F3N2O5S. The summed E-state index contributed by atoms with van der Waals surface area (Å²) in [6, 6.07) is 20.0. The lowest BCUT2D eigenvalue weighted by Gasteiger charge is -2.24. The predicted octanol–water partition coefficient (Wildman–Crippen LogP) is 6.37. The molecule has 0 unspecified atom stereocenters. The highest BCUT2D eigenvalue weighted by Crippen LogP contribution is 2.31. The van der Waals surface area contributed by atoms with E-state index in [0.29, 0.717) is 18.7 Å². The molecule has 0 radical (unpaired) electrons. The van der Waals surface area contributed by atoms with Crippen LogP contribution in [0.1, 0.15) is 39.3 Å².